The van der Waals surface area contributed by atoms with Gasteiger partial charge in [-0.1, -0.05) is 18.2 Å². The van der Waals surface area contributed by atoms with Crippen molar-refractivity contribution in [3.63, 3.8) is 0 Å². The lowest BCUT2D eigenvalue weighted by Crippen LogP contribution is -2.39. The number of hydrogen-bond acceptors (Lipinski definition) is 1. The molecule has 0 radical (unpaired) electrons. The van der Waals surface area contributed by atoms with E-state index in [-0.39, 0.29) is 0 Å². The van der Waals surface area contributed by atoms with Crippen molar-refractivity contribution in [2.45, 2.75) is 19.9 Å². The highest BCUT2D eigenvalue weighted by Gasteiger charge is 2.02. The number of para-hydroxylation sites is 1. The molecule has 0 amide bonds. The summed E-state index contributed by atoms with van der Waals surface area (Å²) < 4.78 is 2.16. The van der Waals surface area contributed by atoms with Crippen molar-refractivity contribution in [1.29, 1.82) is 0 Å². The van der Waals surface area contributed by atoms with E-state index in [4.69, 9.17) is 0 Å². The topological polar surface area (TPSA) is 57.1 Å². The number of guanidine groups is 1. The van der Waals surface area contributed by atoms with Crippen LogP contribution in [-0.4, -0.2) is 35.1 Å². The zero-order valence-electron chi connectivity index (χ0n) is 14.1. The molecule has 0 fully saturated rings. The van der Waals surface area contributed by atoms with Gasteiger partial charge in [0.25, 0.3) is 0 Å². The molecule has 0 aliphatic heterocycles. The molecule has 2 heterocycles. The first-order valence-corrected chi connectivity index (χ1v) is 8.54. The standard InChI is InChI=1S/C19H25N5/c1-2-20-19(22-11-14-24-12-5-6-13-24)21-10-9-16-15-23-18-8-4-3-7-17(16)18/h3-8,12-13,15,23H,2,9-11,14H2,1H3,(H2,20,21,22). The van der Waals surface area contributed by atoms with E-state index in [9.17, 15) is 0 Å². The Kier molecular flexibility index (Phi) is 5.56. The molecule has 0 atom stereocenters. The van der Waals surface area contributed by atoms with Gasteiger partial charge >= 0.3 is 0 Å². The van der Waals surface area contributed by atoms with Gasteiger partial charge in [0.2, 0.25) is 0 Å². The maximum atomic E-state index is 4.69. The van der Waals surface area contributed by atoms with Crippen LogP contribution in [0.5, 0.6) is 0 Å². The molecule has 3 rings (SSSR count). The van der Waals surface area contributed by atoms with Crippen LogP contribution in [0.25, 0.3) is 10.9 Å². The van der Waals surface area contributed by atoms with E-state index < -0.39 is 0 Å². The number of benzene rings is 1. The van der Waals surface area contributed by atoms with Crippen LogP contribution in [0.15, 0.2) is 60.0 Å². The van der Waals surface area contributed by atoms with Crippen molar-refractivity contribution >= 4 is 16.9 Å². The highest BCUT2D eigenvalue weighted by molar-refractivity contribution is 5.83. The molecule has 0 saturated heterocycles. The highest BCUT2D eigenvalue weighted by atomic mass is 15.2. The zero-order chi connectivity index (χ0) is 16.6. The fourth-order valence-electron chi connectivity index (χ4n) is 2.79. The highest BCUT2D eigenvalue weighted by Crippen LogP contribution is 2.17. The monoisotopic (exact) mass is 323 g/mol. The van der Waals surface area contributed by atoms with Gasteiger partial charge in [0, 0.05) is 55.7 Å². The quantitative estimate of drug-likeness (QED) is 0.462. The average molecular weight is 323 g/mol. The maximum Gasteiger partial charge on any atom is 0.191 e. The molecule has 3 N–H and O–H groups in total. The summed E-state index contributed by atoms with van der Waals surface area (Å²) in [5, 5.41) is 7.98. The summed E-state index contributed by atoms with van der Waals surface area (Å²) in [6.07, 6.45) is 7.16. The van der Waals surface area contributed by atoms with Gasteiger partial charge in [-0.05, 0) is 37.1 Å². The second-order valence-electron chi connectivity index (χ2n) is 5.72. The van der Waals surface area contributed by atoms with Gasteiger partial charge in [0.1, 0.15) is 0 Å². The van der Waals surface area contributed by atoms with Crippen molar-refractivity contribution in [1.82, 2.24) is 20.2 Å². The fourth-order valence-corrected chi connectivity index (χ4v) is 2.79. The van der Waals surface area contributed by atoms with Crippen molar-refractivity contribution in [3.05, 3.63) is 60.6 Å². The Morgan fingerprint density at radius 2 is 1.96 bits per heavy atom. The lowest BCUT2D eigenvalue weighted by Gasteiger charge is -2.11. The third-order valence-corrected chi connectivity index (χ3v) is 4.00. The molecule has 24 heavy (non-hydrogen) atoms. The number of rotatable bonds is 7. The van der Waals surface area contributed by atoms with Crippen LogP contribution < -0.4 is 10.6 Å². The number of aromatic amines is 1. The third kappa shape index (κ3) is 4.19. The van der Waals surface area contributed by atoms with E-state index in [1.807, 2.05) is 12.1 Å². The minimum atomic E-state index is 0.765. The summed E-state index contributed by atoms with van der Waals surface area (Å²) in [4.78, 5) is 8.00. The predicted molar refractivity (Wildman–Crippen MR) is 100 cm³/mol. The minimum absolute atomic E-state index is 0.765. The van der Waals surface area contributed by atoms with Crippen LogP contribution in [-0.2, 0) is 13.0 Å². The lowest BCUT2D eigenvalue weighted by atomic mass is 10.1. The first-order chi connectivity index (χ1) is 11.9. The molecule has 2 aromatic heterocycles. The number of H-pyrrole nitrogens is 1. The molecule has 126 valence electrons. The van der Waals surface area contributed by atoms with Crippen molar-refractivity contribution in [2.24, 2.45) is 4.99 Å². The van der Waals surface area contributed by atoms with E-state index in [0.717, 1.165) is 38.6 Å². The van der Waals surface area contributed by atoms with E-state index in [1.165, 1.54) is 16.5 Å². The number of nitrogens with zero attached hydrogens (tertiary/aromatic N) is 2. The maximum absolute atomic E-state index is 4.69. The Labute approximate surface area is 142 Å². The van der Waals surface area contributed by atoms with Gasteiger partial charge in [-0.3, -0.25) is 4.99 Å². The second-order valence-corrected chi connectivity index (χ2v) is 5.72. The Morgan fingerprint density at radius 1 is 1.12 bits per heavy atom. The molecule has 5 heteroatoms. The average Bonchev–Trinajstić information content (AvgIpc) is 3.25. The number of nitrogens with one attached hydrogen (secondary N) is 3. The molecule has 5 nitrogen and oxygen atoms in total. The number of hydrogen-bond donors (Lipinski definition) is 3. The number of aliphatic imine (C=N–C) groups is 1. The fraction of sp³-hybridized carbons (Fsp3) is 0.316. The van der Waals surface area contributed by atoms with Gasteiger partial charge in [-0.2, -0.15) is 0 Å². The van der Waals surface area contributed by atoms with Gasteiger partial charge in [-0.25, -0.2) is 0 Å². The summed E-state index contributed by atoms with van der Waals surface area (Å²) in [6, 6.07) is 12.5. The van der Waals surface area contributed by atoms with Crippen LogP contribution in [0.1, 0.15) is 12.5 Å². The summed E-state index contributed by atoms with van der Waals surface area (Å²) in [5.41, 5.74) is 2.51. The predicted octanol–water partition coefficient (Wildman–Crippen LogP) is 2.77. The van der Waals surface area contributed by atoms with Gasteiger partial charge in [0.05, 0.1) is 0 Å². The third-order valence-electron chi connectivity index (χ3n) is 4.00. The normalized spacial score (nSPS) is 11.8. The Morgan fingerprint density at radius 3 is 2.79 bits per heavy atom. The zero-order valence-corrected chi connectivity index (χ0v) is 14.1. The molecule has 0 aliphatic carbocycles. The van der Waals surface area contributed by atoms with E-state index in [0.29, 0.717) is 0 Å². The molecule has 0 spiro atoms. The smallest absolute Gasteiger partial charge is 0.191 e. The van der Waals surface area contributed by atoms with Crippen molar-refractivity contribution < 1.29 is 0 Å². The first kappa shape index (κ1) is 16.2. The molecule has 0 aliphatic rings. The molecule has 0 saturated carbocycles. The molecule has 0 bridgehead atoms. The lowest BCUT2D eigenvalue weighted by molar-refractivity contribution is 0.665. The van der Waals surface area contributed by atoms with Crippen LogP contribution in [0.2, 0.25) is 0 Å². The van der Waals surface area contributed by atoms with Crippen molar-refractivity contribution in [2.75, 3.05) is 19.6 Å². The van der Waals surface area contributed by atoms with Gasteiger partial charge in [-0.15, -0.1) is 0 Å². The van der Waals surface area contributed by atoms with Crippen LogP contribution >= 0.6 is 0 Å². The molecule has 1 aromatic carbocycles. The summed E-state index contributed by atoms with van der Waals surface area (Å²) in [6.45, 7) is 5.50. The Hall–Kier alpha value is -2.69. The summed E-state index contributed by atoms with van der Waals surface area (Å²) in [5.74, 6) is 0.879. The van der Waals surface area contributed by atoms with E-state index in [2.05, 4.69) is 75.0 Å². The van der Waals surface area contributed by atoms with Crippen LogP contribution in [0.4, 0.5) is 0 Å². The van der Waals surface area contributed by atoms with Crippen LogP contribution in [0, 0.1) is 0 Å². The summed E-state index contributed by atoms with van der Waals surface area (Å²) >= 11 is 0. The van der Waals surface area contributed by atoms with Crippen molar-refractivity contribution in [3.8, 4) is 0 Å². The Balaban J connectivity index is 1.53. The number of fused-ring (bicyclic) bond motifs is 1. The second kappa shape index (κ2) is 8.24. The van der Waals surface area contributed by atoms with Gasteiger partial charge in [0.15, 0.2) is 5.96 Å². The SMILES string of the molecule is CCNC(=NCCc1c[nH]c2ccccc12)NCCn1cccc1. The molecule has 0 unspecified atom stereocenters. The molecular weight excluding hydrogens is 298 g/mol. The minimum Gasteiger partial charge on any atom is -0.361 e. The molecular formula is C19H25N5. The summed E-state index contributed by atoms with van der Waals surface area (Å²) in [7, 11) is 0. The van der Waals surface area contributed by atoms with Crippen LogP contribution in [0.3, 0.4) is 0 Å². The van der Waals surface area contributed by atoms with E-state index >= 15 is 0 Å². The molecule has 3 aromatic rings. The Bertz CT molecular complexity index is 770. The van der Waals surface area contributed by atoms with Gasteiger partial charge < -0.3 is 20.2 Å². The number of aromatic nitrogens is 2. The first-order valence-electron chi connectivity index (χ1n) is 8.54. The van der Waals surface area contributed by atoms with E-state index in [1.54, 1.807) is 0 Å². The largest absolute Gasteiger partial charge is 0.361 e.